The van der Waals surface area contributed by atoms with Crippen molar-refractivity contribution in [3.05, 3.63) is 94.3 Å². The van der Waals surface area contributed by atoms with Crippen LogP contribution in [0.1, 0.15) is 36.7 Å². The fraction of sp³-hybridized carbons (Fsp3) is 0.179. The van der Waals surface area contributed by atoms with Crippen molar-refractivity contribution in [2.45, 2.75) is 25.7 Å². The number of Topliss-reactive ketones (excluding diaryl/α,β-unsaturated/α-hetero) is 1. The van der Waals surface area contributed by atoms with Crippen LogP contribution in [0.4, 0.5) is 5.69 Å². The number of aliphatic imine (C=N–C) groups is 1. The SMILES string of the molecule is CCN(CC)S(=O)(=O)c1cccc(-n2c(O)c(C=Nc3cccc(C(C)=O)c3)c3ccccc3c2=O)c1. The Bertz CT molecular complexity index is 1690. The Morgan fingerprint density at radius 2 is 1.65 bits per heavy atom. The van der Waals surface area contributed by atoms with Gasteiger partial charge in [0.1, 0.15) is 0 Å². The topological polar surface area (TPSA) is 109 Å². The Morgan fingerprint density at radius 3 is 2.32 bits per heavy atom. The van der Waals surface area contributed by atoms with E-state index in [9.17, 15) is 23.1 Å². The molecule has 0 aliphatic carbocycles. The normalized spacial score (nSPS) is 12.0. The van der Waals surface area contributed by atoms with Crippen LogP contribution in [-0.2, 0) is 10.0 Å². The number of hydrogen-bond donors (Lipinski definition) is 1. The number of aromatic hydroxyl groups is 1. The van der Waals surface area contributed by atoms with Gasteiger partial charge in [-0.2, -0.15) is 4.31 Å². The van der Waals surface area contributed by atoms with E-state index in [-0.39, 0.29) is 27.8 Å². The second kappa shape index (κ2) is 10.5. The van der Waals surface area contributed by atoms with Crippen LogP contribution in [0.2, 0.25) is 0 Å². The quantitative estimate of drug-likeness (QED) is 0.270. The second-order valence-corrected chi connectivity index (χ2v) is 10.3. The molecule has 0 aliphatic heterocycles. The van der Waals surface area contributed by atoms with Crippen LogP contribution in [0.5, 0.6) is 5.88 Å². The molecular weight excluding hydrogens is 490 g/mol. The zero-order chi connectivity index (χ0) is 26.7. The molecule has 0 spiro atoms. The number of aromatic nitrogens is 1. The summed E-state index contributed by atoms with van der Waals surface area (Å²) in [5.74, 6) is -0.481. The molecule has 0 saturated carbocycles. The highest BCUT2D eigenvalue weighted by molar-refractivity contribution is 7.89. The van der Waals surface area contributed by atoms with E-state index < -0.39 is 15.6 Å². The summed E-state index contributed by atoms with van der Waals surface area (Å²) >= 11 is 0. The second-order valence-electron chi connectivity index (χ2n) is 8.37. The first kappa shape index (κ1) is 26.0. The fourth-order valence-corrected chi connectivity index (χ4v) is 5.67. The molecule has 0 bridgehead atoms. The highest BCUT2D eigenvalue weighted by Crippen LogP contribution is 2.28. The molecule has 9 heteroatoms. The van der Waals surface area contributed by atoms with E-state index in [0.29, 0.717) is 35.1 Å². The molecule has 0 aliphatic rings. The summed E-state index contributed by atoms with van der Waals surface area (Å²) in [4.78, 5) is 29.7. The number of hydrogen-bond acceptors (Lipinski definition) is 6. The first-order valence-corrected chi connectivity index (χ1v) is 13.3. The van der Waals surface area contributed by atoms with Gasteiger partial charge in [0, 0.05) is 35.6 Å². The molecule has 3 aromatic carbocycles. The zero-order valence-electron chi connectivity index (χ0n) is 20.7. The van der Waals surface area contributed by atoms with E-state index in [0.717, 1.165) is 4.57 Å². The van der Waals surface area contributed by atoms with Gasteiger partial charge in [0.05, 0.1) is 21.8 Å². The van der Waals surface area contributed by atoms with E-state index in [4.69, 9.17) is 0 Å². The third kappa shape index (κ3) is 4.96. The lowest BCUT2D eigenvalue weighted by Crippen LogP contribution is -2.30. The first-order chi connectivity index (χ1) is 17.7. The maximum Gasteiger partial charge on any atom is 0.265 e. The monoisotopic (exact) mass is 517 g/mol. The molecule has 8 nitrogen and oxygen atoms in total. The number of pyridine rings is 1. The highest BCUT2D eigenvalue weighted by atomic mass is 32.2. The van der Waals surface area contributed by atoms with Crippen LogP contribution in [-0.4, -0.2) is 47.5 Å². The minimum Gasteiger partial charge on any atom is -0.494 e. The van der Waals surface area contributed by atoms with Crippen molar-refractivity contribution in [3.63, 3.8) is 0 Å². The van der Waals surface area contributed by atoms with Gasteiger partial charge < -0.3 is 5.11 Å². The number of carbonyl (C=O) groups is 1. The minimum absolute atomic E-state index is 0.0180. The van der Waals surface area contributed by atoms with Crippen LogP contribution in [0.25, 0.3) is 16.5 Å². The van der Waals surface area contributed by atoms with Crippen LogP contribution in [0, 0.1) is 0 Å². The van der Waals surface area contributed by atoms with Gasteiger partial charge >= 0.3 is 0 Å². The van der Waals surface area contributed by atoms with Crippen molar-refractivity contribution in [1.82, 2.24) is 8.87 Å². The molecule has 0 atom stereocenters. The lowest BCUT2D eigenvalue weighted by atomic mass is 10.1. The molecule has 0 radical (unpaired) electrons. The summed E-state index contributed by atoms with van der Waals surface area (Å²) in [5, 5.41) is 12.1. The minimum atomic E-state index is -3.78. The molecule has 190 valence electrons. The summed E-state index contributed by atoms with van der Waals surface area (Å²) in [6, 6.07) is 19.5. The van der Waals surface area contributed by atoms with Gasteiger partial charge in [0.2, 0.25) is 15.9 Å². The molecule has 4 rings (SSSR count). The Labute approximate surface area is 215 Å². The van der Waals surface area contributed by atoms with Crippen molar-refractivity contribution in [2.24, 2.45) is 4.99 Å². The maximum atomic E-state index is 13.5. The standard InChI is InChI=1S/C28H27N3O5S/c1-4-30(5-2)37(35,36)23-13-9-12-22(17-23)31-27(33)25-15-7-6-14-24(25)26(28(31)34)18-29-21-11-8-10-20(16-21)19(3)32/h6-18,34H,4-5H2,1-3H3. The number of nitrogens with zero attached hydrogens (tertiary/aromatic N) is 3. The van der Waals surface area contributed by atoms with E-state index in [1.807, 2.05) is 0 Å². The molecule has 0 amide bonds. The van der Waals surface area contributed by atoms with Gasteiger partial charge in [-0.1, -0.05) is 50.2 Å². The Kier molecular flexibility index (Phi) is 7.37. The third-order valence-electron chi connectivity index (χ3n) is 6.12. The van der Waals surface area contributed by atoms with Crippen LogP contribution < -0.4 is 5.56 Å². The van der Waals surface area contributed by atoms with Gasteiger partial charge in [-0.25, -0.2) is 13.0 Å². The Balaban J connectivity index is 1.92. The molecular formula is C28H27N3O5S. The van der Waals surface area contributed by atoms with Gasteiger partial charge in [-0.05, 0) is 43.3 Å². The van der Waals surface area contributed by atoms with E-state index in [2.05, 4.69) is 4.99 Å². The average Bonchev–Trinajstić information content (AvgIpc) is 2.89. The van der Waals surface area contributed by atoms with Gasteiger partial charge in [-0.15, -0.1) is 0 Å². The van der Waals surface area contributed by atoms with Crippen LogP contribution >= 0.6 is 0 Å². The summed E-state index contributed by atoms with van der Waals surface area (Å²) in [7, 11) is -3.78. The largest absolute Gasteiger partial charge is 0.494 e. The molecule has 0 fully saturated rings. The highest BCUT2D eigenvalue weighted by Gasteiger charge is 2.23. The molecule has 0 saturated heterocycles. The van der Waals surface area contributed by atoms with Gasteiger partial charge in [0.25, 0.3) is 5.56 Å². The number of sulfonamides is 1. The number of rotatable bonds is 8. The lowest BCUT2D eigenvalue weighted by Gasteiger charge is -2.19. The van der Waals surface area contributed by atoms with E-state index in [1.165, 1.54) is 35.6 Å². The summed E-state index contributed by atoms with van der Waals surface area (Å²) in [5.41, 5.74) is 0.984. The molecule has 1 heterocycles. The van der Waals surface area contributed by atoms with Crippen molar-refractivity contribution < 1.29 is 18.3 Å². The van der Waals surface area contributed by atoms with E-state index >= 15 is 0 Å². The third-order valence-corrected chi connectivity index (χ3v) is 8.16. The lowest BCUT2D eigenvalue weighted by molar-refractivity contribution is 0.101. The van der Waals surface area contributed by atoms with Gasteiger partial charge in [0.15, 0.2) is 5.78 Å². The first-order valence-electron chi connectivity index (χ1n) is 11.8. The van der Waals surface area contributed by atoms with Crippen LogP contribution in [0.15, 0.2) is 87.5 Å². The van der Waals surface area contributed by atoms with Gasteiger partial charge in [-0.3, -0.25) is 14.6 Å². The van der Waals surface area contributed by atoms with E-state index in [1.54, 1.807) is 68.4 Å². The molecule has 0 unspecified atom stereocenters. The number of ketones is 1. The molecule has 1 N–H and O–H groups in total. The van der Waals surface area contributed by atoms with Crippen molar-refractivity contribution >= 4 is 38.5 Å². The summed E-state index contributed by atoms with van der Waals surface area (Å²) < 4.78 is 28.6. The molecule has 37 heavy (non-hydrogen) atoms. The Morgan fingerprint density at radius 1 is 0.973 bits per heavy atom. The zero-order valence-corrected chi connectivity index (χ0v) is 21.6. The number of fused-ring (bicyclic) bond motifs is 1. The predicted octanol–water partition coefficient (Wildman–Crippen LogP) is 4.68. The van der Waals surface area contributed by atoms with Crippen molar-refractivity contribution in [1.29, 1.82) is 0 Å². The van der Waals surface area contributed by atoms with Crippen molar-refractivity contribution in [3.8, 4) is 11.6 Å². The predicted molar refractivity (Wildman–Crippen MR) is 145 cm³/mol. The fourth-order valence-electron chi connectivity index (χ4n) is 4.17. The smallest absolute Gasteiger partial charge is 0.265 e. The molecule has 4 aromatic rings. The Hall–Kier alpha value is -4.08. The van der Waals surface area contributed by atoms with Crippen LogP contribution in [0.3, 0.4) is 0 Å². The summed E-state index contributed by atoms with van der Waals surface area (Å²) in [6.07, 6.45) is 1.43. The van der Waals surface area contributed by atoms with Crippen molar-refractivity contribution in [2.75, 3.05) is 13.1 Å². The number of benzene rings is 3. The maximum absolute atomic E-state index is 13.5. The summed E-state index contributed by atoms with van der Waals surface area (Å²) in [6.45, 7) is 5.57. The molecule has 1 aromatic heterocycles. The average molecular weight is 518 g/mol. The number of carbonyl (C=O) groups excluding carboxylic acids is 1.